The molecule has 1 amide bonds. The molecule has 0 aliphatic heterocycles. The summed E-state index contributed by atoms with van der Waals surface area (Å²) in [5.74, 6) is -1.70. The number of ether oxygens (including phenoxy) is 2. The van der Waals surface area contributed by atoms with Crippen molar-refractivity contribution in [1.82, 2.24) is 0 Å². The first-order valence-corrected chi connectivity index (χ1v) is 9.53. The molecule has 2 rings (SSSR count). The van der Waals surface area contributed by atoms with Gasteiger partial charge >= 0.3 is 11.9 Å². The molecule has 0 bridgehead atoms. The number of thiophene rings is 1. The number of hydrogen-bond donors (Lipinski definition) is 1. The van der Waals surface area contributed by atoms with Gasteiger partial charge in [-0.1, -0.05) is 0 Å². The number of carbonyl (C=O) groups is 4. The Morgan fingerprint density at radius 3 is 2.29 bits per heavy atom. The van der Waals surface area contributed by atoms with Crippen molar-refractivity contribution >= 4 is 40.7 Å². The molecule has 1 aromatic carbocycles. The Kier molecular flexibility index (Phi) is 7.88. The minimum absolute atomic E-state index is 0.0374. The smallest absolute Gasteiger partial charge is 0.338 e. The molecule has 0 unspecified atom stereocenters. The lowest BCUT2D eigenvalue weighted by Crippen LogP contribution is -2.21. The molecule has 1 heterocycles. The lowest BCUT2D eigenvalue weighted by Gasteiger charge is -2.07. The Morgan fingerprint density at radius 1 is 0.964 bits per heavy atom. The molecule has 148 valence electrons. The number of carbonyl (C=O) groups excluding carboxylic acids is 4. The normalized spacial score (nSPS) is 10.2. The van der Waals surface area contributed by atoms with E-state index in [4.69, 9.17) is 9.47 Å². The standard InChI is InChI=1S/C20H21NO6S/c1-3-26-20(25)14-5-7-15(8-6-14)21-18(23)12-27-19(24)11-9-16(22)17-10-4-13(2)28-17/h4-8,10H,3,9,11-12H2,1-2H3,(H,21,23). The van der Waals surface area contributed by atoms with Crippen LogP contribution in [0.5, 0.6) is 0 Å². The summed E-state index contributed by atoms with van der Waals surface area (Å²) in [5, 5.41) is 2.56. The number of amides is 1. The maximum atomic E-state index is 11.9. The van der Waals surface area contributed by atoms with E-state index in [2.05, 4.69) is 5.32 Å². The van der Waals surface area contributed by atoms with Crippen LogP contribution in [-0.2, 0) is 19.1 Å². The van der Waals surface area contributed by atoms with Crippen molar-refractivity contribution in [3.05, 3.63) is 51.7 Å². The molecule has 28 heavy (non-hydrogen) atoms. The minimum atomic E-state index is -0.616. The Balaban J connectivity index is 1.72. The van der Waals surface area contributed by atoms with Crippen molar-refractivity contribution in [3.8, 4) is 0 Å². The van der Waals surface area contributed by atoms with Crippen LogP contribution in [0, 0.1) is 6.92 Å². The van der Waals surface area contributed by atoms with Crippen LogP contribution in [-0.4, -0.2) is 36.8 Å². The topological polar surface area (TPSA) is 98.8 Å². The maximum absolute atomic E-state index is 11.9. The van der Waals surface area contributed by atoms with E-state index in [0.29, 0.717) is 16.1 Å². The van der Waals surface area contributed by atoms with Crippen molar-refractivity contribution in [3.63, 3.8) is 0 Å². The van der Waals surface area contributed by atoms with Crippen molar-refractivity contribution < 1.29 is 28.7 Å². The fraction of sp³-hybridized carbons (Fsp3) is 0.300. The molecule has 7 nitrogen and oxygen atoms in total. The van der Waals surface area contributed by atoms with Crippen LogP contribution in [0.2, 0.25) is 0 Å². The molecule has 2 aromatic rings. The van der Waals surface area contributed by atoms with Crippen LogP contribution < -0.4 is 5.32 Å². The summed E-state index contributed by atoms with van der Waals surface area (Å²) in [5.41, 5.74) is 0.828. The van der Waals surface area contributed by atoms with E-state index in [1.807, 2.05) is 13.0 Å². The lowest BCUT2D eigenvalue weighted by molar-refractivity contribution is -0.147. The average molecular weight is 403 g/mol. The van der Waals surface area contributed by atoms with Gasteiger partial charge in [-0.2, -0.15) is 0 Å². The van der Waals surface area contributed by atoms with Crippen LogP contribution in [0.3, 0.4) is 0 Å². The van der Waals surface area contributed by atoms with Gasteiger partial charge in [-0.15, -0.1) is 11.3 Å². The van der Waals surface area contributed by atoms with Gasteiger partial charge in [0.15, 0.2) is 12.4 Å². The van der Waals surface area contributed by atoms with E-state index in [-0.39, 0.29) is 25.2 Å². The summed E-state index contributed by atoms with van der Waals surface area (Å²) in [6.07, 6.45) is -0.0486. The predicted octanol–water partition coefficient (Wildman–Crippen LogP) is 3.38. The van der Waals surface area contributed by atoms with E-state index in [1.165, 1.54) is 23.5 Å². The summed E-state index contributed by atoms with van der Waals surface area (Å²) in [7, 11) is 0. The molecule has 8 heteroatoms. The summed E-state index contributed by atoms with van der Waals surface area (Å²) in [6, 6.07) is 9.73. The average Bonchev–Trinajstić information content (AvgIpc) is 3.11. The van der Waals surface area contributed by atoms with Crippen molar-refractivity contribution in [2.75, 3.05) is 18.5 Å². The third-order valence-corrected chi connectivity index (χ3v) is 4.66. The van der Waals surface area contributed by atoms with Gasteiger partial charge < -0.3 is 14.8 Å². The Labute approximate surface area is 166 Å². The summed E-state index contributed by atoms with van der Waals surface area (Å²) >= 11 is 1.38. The first-order chi connectivity index (χ1) is 13.4. The number of nitrogens with one attached hydrogen (secondary N) is 1. The highest BCUT2D eigenvalue weighted by molar-refractivity contribution is 7.14. The summed E-state index contributed by atoms with van der Waals surface area (Å²) in [6.45, 7) is 3.44. The zero-order chi connectivity index (χ0) is 20.5. The fourth-order valence-electron chi connectivity index (χ4n) is 2.24. The highest BCUT2D eigenvalue weighted by Crippen LogP contribution is 2.17. The second-order valence-corrected chi connectivity index (χ2v) is 7.13. The maximum Gasteiger partial charge on any atom is 0.338 e. The first-order valence-electron chi connectivity index (χ1n) is 8.71. The highest BCUT2D eigenvalue weighted by atomic mass is 32.1. The van der Waals surface area contributed by atoms with Crippen LogP contribution >= 0.6 is 11.3 Å². The number of hydrogen-bond acceptors (Lipinski definition) is 7. The molecule has 1 N–H and O–H groups in total. The molecule has 0 atom stereocenters. The number of anilines is 1. The van der Waals surface area contributed by atoms with Crippen molar-refractivity contribution in [2.24, 2.45) is 0 Å². The summed E-state index contributed by atoms with van der Waals surface area (Å²) in [4.78, 5) is 48.7. The SMILES string of the molecule is CCOC(=O)c1ccc(NC(=O)COC(=O)CCC(=O)c2ccc(C)s2)cc1. The molecular formula is C20H21NO6S. The Bertz CT molecular complexity index is 856. The van der Waals surface area contributed by atoms with E-state index in [9.17, 15) is 19.2 Å². The molecule has 0 aliphatic rings. The number of benzene rings is 1. The first kappa shape index (κ1) is 21.3. The second kappa shape index (κ2) is 10.4. The molecule has 0 radical (unpaired) electrons. The van der Waals surface area contributed by atoms with Crippen molar-refractivity contribution in [2.45, 2.75) is 26.7 Å². The third-order valence-electron chi connectivity index (χ3n) is 3.62. The largest absolute Gasteiger partial charge is 0.462 e. The van der Waals surface area contributed by atoms with E-state index >= 15 is 0 Å². The predicted molar refractivity (Wildman–Crippen MR) is 105 cm³/mol. The Morgan fingerprint density at radius 2 is 1.68 bits per heavy atom. The zero-order valence-corrected chi connectivity index (χ0v) is 16.5. The summed E-state index contributed by atoms with van der Waals surface area (Å²) < 4.78 is 9.76. The van der Waals surface area contributed by atoms with Gasteiger partial charge in [0.05, 0.1) is 23.5 Å². The van der Waals surface area contributed by atoms with Gasteiger partial charge in [-0.25, -0.2) is 4.79 Å². The fourth-order valence-corrected chi connectivity index (χ4v) is 3.08. The third kappa shape index (κ3) is 6.62. The number of aryl methyl sites for hydroxylation is 1. The van der Waals surface area contributed by atoms with Crippen LogP contribution in [0.25, 0.3) is 0 Å². The van der Waals surface area contributed by atoms with Gasteiger partial charge in [-0.3, -0.25) is 14.4 Å². The lowest BCUT2D eigenvalue weighted by atomic mass is 10.2. The number of Topliss-reactive ketones (excluding diaryl/α,β-unsaturated/α-hetero) is 1. The van der Waals surface area contributed by atoms with Gasteiger partial charge in [0.25, 0.3) is 5.91 Å². The second-order valence-electron chi connectivity index (χ2n) is 5.84. The molecule has 0 aliphatic carbocycles. The van der Waals surface area contributed by atoms with Gasteiger partial charge in [0.1, 0.15) is 0 Å². The van der Waals surface area contributed by atoms with E-state index in [0.717, 1.165) is 4.88 Å². The van der Waals surface area contributed by atoms with Crippen LogP contribution in [0.15, 0.2) is 36.4 Å². The monoisotopic (exact) mass is 403 g/mol. The number of ketones is 1. The van der Waals surface area contributed by atoms with E-state index in [1.54, 1.807) is 25.1 Å². The van der Waals surface area contributed by atoms with E-state index < -0.39 is 24.5 Å². The van der Waals surface area contributed by atoms with Gasteiger partial charge in [-0.05, 0) is 50.2 Å². The molecule has 0 spiro atoms. The highest BCUT2D eigenvalue weighted by Gasteiger charge is 2.13. The molecule has 0 fully saturated rings. The molecule has 0 saturated heterocycles. The van der Waals surface area contributed by atoms with Crippen LogP contribution in [0.1, 0.15) is 44.7 Å². The van der Waals surface area contributed by atoms with Gasteiger partial charge in [0.2, 0.25) is 0 Å². The van der Waals surface area contributed by atoms with Crippen molar-refractivity contribution in [1.29, 1.82) is 0 Å². The molecular weight excluding hydrogens is 382 g/mol. The van der Waals surface area contributed by atoms with Gasteiger partial charge in [0, 0.05) is 17.0 Å². The minimum Gasteiger partial charge on any atom is -0.462 e. The van der Waals surface area contributed by atoms with Crippen LogP contribution in [0.4, 0.5) is 5.69 Å². The molecule has 0 saturated carbocycles. The molecule has 1 aromatic heterocycles. The quantitative estimate of drug-likeness (QED) is 0.509. The zero-order valence-electron chi connectivity index (χ0n) is 15.7. The number of rotatable bonds is 9. The number of esters is 2. The Hall–Kier alpha value is -3.00.